The van der Waals surface area contributed by atoms with Gasteiger partial charge >= 0.3 is 0 Å². The Morgan fingerprint density at radius 3 is 2.58 bits per heavy atom. The second kappa shape index (κ2) is 10.2. The summed E-state index contributed by atoms with van der Waals surface area (Å²) in [5.41, 5.74) is 11.2. The predicted octanol–water partition coefficient (Wildman–Crippen LogP) is 4.60. The first kappa shape index (κ1) is 25.8. The van der Waals surface area contributed by atoms with E-state index in [2.05, 4.69) is 34.2 Å². The number of rotatable bonds is 5. The van der Waals surface area contributed by atoms with Gasteiger partial charge in [-0.25, -0.2) is 9.97 Å². The van der Waals surface area contributed by atoms with Crippen molar-refractivity contribution in [3.8, 4) is 10.4 Å². The van der Waals surface area contributed by atoms with E-state index < -0.39 is 12.1 Å². The van der Waals surface area contributed by atoms with Gasteiger partial charge in [0.2, 0.25) is 5.91 Å². The van der Waals surface area contributed by atoms with Crippen LogP contribution >= 0.6 is 35.1 Å². The third-order valence-corrected chi connectivity index (χ3v) is 8.03. The largest absolute Gasteiger partial charge is 0.391 e. The maximum Gasteiger partial charge on any atom is 0.240 e. The molecule has 0 radical (unpaired) electrons. The highest BCUT2D eigenvalue weighted by molar-refractivity contribution is 7.13. The van der Waals surface area contributed by atoms with Crippen LogP contribution in [0.2, 0.25) is 0 Å². The van der Waals surface area contributed by atoms with Gasteiger partial charge in [0, 0.05) is 30.5 Å². The minimum atomic E-state index is -0.615. The number of aryl methyl sites for hydroxylation is 1. The van der Waals surface area contributed by atoms with Gasteiger partial charge in [-0.2, -0.15) is 0 Å². The molecule has 0 aliphatic carbocycles. The van der Waals surface area contributed by atoms with Gasteiger partial charge in [-0.3, -0.25) is 4.79 Å². The predicted molar refractivity (Wildman–Crippen MR) is 137 cm³/mol. The quantitative estimate of drug-likeness (QED) is 0.527. The fraction of sp³-hybridized carbons (Fsp3) is 0.458. The number of β-amino-alcohol motifs (C(OH)–C–C–N with tert-alkyl or cyclic N) is 1. The minimum absolute atomic E-state index is 0. The lowest BCUT2D eigenvalue weighted by Gasteiger charge is -2.32. The van der Waals surface area contributed by atoms with E-state index in [0.29, 0.717) is 13.0 Å². The third kappa shape index (κ3) is 5.63. The van der Waals surface area contributed by atoms with Crippen LogP contribution in [0.25, 0.3) is 10.4 Å². The first-order valence-corrected chi connectivity index (χ1v) is 12.5. The molecule has 1 fully saturated rings. The summed E-state index contributed by atoms with van der Waals surface area (Å²) in [5.74, 6) is -0.121. The molecule has 0 bridgehead atoms. The van der Waals surface area contributed by atoms with E-state index in [-0.39, 0.29) is 29.8 Å². The maximum atomic E-state index is 13.0. The normalized spacial score (nSPS) is 19.4. The second-order valence-electron chi connectivity index (χ2n) is 9.55. The summed E-state index contributed by atoms with van der Waals surface area (Å²) >= 11 is 3.26. The Kier molecular flexibility index (Phi) is 7.96. The number of nitrogens with zero attached hydrogens (tertiary/aromatic N) is 3. The number of benzene rings is 1. The fourth-order valence-electron chi connectivity index (χ4n) is 3.95. The van der Waals surface area contributed by atoms with Gasteiger partial charge in [0.05, 0.1) is 34.3 Å². The molecule has 0 saturated carbocycles. The van der Waals surface area contributed by atoms with Crippen LogP contribution in [0.15, 0.2) is 36.0 Å². The van der Waals surface area contributed by atoms with Crippen LogP contribution in [-0.2, 0) is 11.2 Å². The average molecular weight is 507 g/mol. The summed E-state index contributed by atoms with van der Waals surface area (Å²) in [4.78, 5) is 26.0. The lowest BCUT2D eigenvalue weighted by Crippen LogP contribution is -2.50. The number of hydrogen-bond acceptors (Lipinski definition) is 7. The summed E-state index contributed by atoms with van der Waals surface area (Å²) in [7, 11) is 0. The van der Waals surface area contributed by atoms with Gasteiger partial charge < -0.3 is 15.7 Å². The van der Waals surface area contributed by atoms with Crippen molar-refractivity contribution in [2.45, 2.75) is 58.7 Å². The molecule has 0 unspecified atom stereocenters. The number of aliphatic hydroxyl groups excluding tert-OH is 1. The molecule has 1 saturated heterocycles. The standard InChI is InChI=1S/C24H30N4O2S2.ClH/c1-14-20(31-13-27-14)16-7-5-15(6-8-16)9-18-11-26-22(32-18)19-10-17(29)12-28(19)23(30)21(25)24(2,3)4;/h5-8,11,13,17,19,21,29H,9-10,12,25H2,1-4H3;1H/t17-,19+,21-;/m1./s1. The van der Waals surface area contributed by atoms with Crippen molar-refractivity contribution in [1.29, 1.82) is 0 Å². The summed E-state index contributed by atoms with van der Waals surface area (Å²) in [6.07, 6.45) is 2.62. The number of thiazole rings is 2. The Bertz CT molecular complexity index is 1090. The van der Waals surface area contributed by atoms with E-state index in [1.807, 2.05) is 39.4 Å². The first-order valence-electron chi connectivity index (χ1n) is 10.8. The summed E-state index contributed by atoms with van der Waals surface area (Å²) in [6.45, 7) is 8.21. The highest BCUT2D eigenvalue weighted by atomic mass is 35.5. The Balaban J connectivity index is 0.00000306. The van der Waals surface area contributed by atoms with Gasteiger partial charge in [-0.05, 0) is 23.5 Å². The van der Waals surface area contributed by atoms with Crippen molar-refractivity contribution in [3.05, 3.63) is 57.1 Å². The highest BCUT2D eigenvalue weighted by Crippen LogP contribution is 2.36. The Morgan fingerprint density at radius 2 is 1.97 bits per heavy atom. The molecule has 1 aromatic carbocycles. The zero-order chi connectivity index (χ0) is 23.0. The van der Waals surface area contributed by atoms with Crippen LogP contribution < -0.4 is 5.73 Å². The van der Waals surface area contributed by atoms with E-state index in [9.17, 15) is 9.90 Å². The van der Waals surface area contributed by atoms with E-state index in [1.54, 1.807) is 27.6 Å². The maximum absolute atomic E-state index is 13.0. The third-order valence-electron chi connectivity index (χ3n) is 5.96. The molecule has 1 aliphatic rings. The molecule has 3 aromatic rings. The molecule has 0 spiro atoms. The van der Waals surface area contributed by atoms with Crippen LogP contribution in [0.1, 0.15) is 54.4 Å². The van der Waals surface area contributed by atoms with E-state index in [0.717, 1.165) is 22.0 Å². The molecule has 33 heavy (non-hydrogen) atoms. The summed E-state index contributed by atoms with van der Waals surface area (Å²) < 4.78 is 0. The van der Waals surface area contributed by atoms with Crippen molar-refractivity contribution < 1.29 is 9.90 Å². The molecule has 1 amide bonds. The SMILES string of the molecule is Cc1ncsc1-c1ccc(Cc2cnc([C@@H]3C[C@@H](O)CN3C(=O)[C@@H](N)C(C)(C)C)s2)cc1.Cl. The van der Waals surface area contributed by atoms with Gasteiger partial charge in [-0.1, -0.05) is 45.0 Å². The fourth-order valence-corrected chi connectivity index (χ4v) is 5.84. The topological polar surface area (TPSA) is 92.3 Å². The minimum Gasteiger partial charge on any atom is -0.391 e. The molecule has 9 heteroatoms. The van der Waals surface area contributed by atoms with Gasteiger partial charge in [0.25, 0.3) is 0 Å². The Morgan fingerprint density at radius 1 is 1.27 bits per heavy atom. The first-order chi connectivity index (χ1) is 15.1. The molecule has 6 nitrogen and oxygen atoms in total. The van der Waals surface area contributed by atoms with Crippen LogP contribution in [0.5, 0.6) is 0 Å². The Hall–Kier alpha value is -1.84. The lowest BCUT2D eigenvalue weighted by atomic mass is 9.86. The molecule has 3 atom stereocenters. The molecule has 2 aromatic heterocycles. The Labute approximate surface area is 209 Å². The van der Waals surface area contributed by atoms with Crippen molar-refractivity contribution in [3.63, 3.8) is 0 Å². The molecule has 3 N–H and O–H groups in total. The number of carbonyl (C=O) groups is 1. The number of carbonyl (C=O) groups excluding carboxylic acids is 1. The number of aliphatic hydroxyl groups is 1. The van der Waals surface area contributed by atoms with Crippen LogP contribution in [0, 0.1) is 12.3 Å². The van der Waals surface area contributed by atoms with E-state index >= 15 is 0 Å². The van der Waals surface area contributed by atoms with Crippen molar-refractivity contribution in [2.24, 2.45) is 11.1 Å². The monoisotopic (exact) mass is 506 g/mol. The van der Waals surface area contributed by atoms with Gasteiger partial charge in [0.15, 0.2) is 0 Å². The number of halogens is 1. The van der Waals surface area contributed by atoms with Gasteiger partial charge in [-0.15, -0.1) is 35.1 Å². The smallest absolute Gasteiger partial charge is 0.240 e. The van der Waals surface area contributed by atoms with Crippen LogP contribution in [-0.4, -0.2) is 44.6 Å². The summed E-state index contributed by atoms with van der Waals surface area (Å²) in [6, 6.07) is 7.73. The van der Waals surface area contributed by atoms with Crippen molar-refractivity contribution >= 4 is 41.0 Å². The molecule has 4 rings (SSSR count). The zero-order valence-electron chi connectivity index (χ0n) is 19.3. The molecular weight excluding hydrogens is 476 g/mol. The van der Waals surface area contributed by atoms with Crippen LogP contribution in [0.4, 0.5) is 0 Å². The van der Waals surface area contributed by atoms with E-state index in [4.69, 9.17) is 5.73 Å². The number of amides is 1. The molecule has 1 aliphatic heterocycles. The van der Waals surface area contributed by atoms with Gasteiger partial charge in [0.1, 0.15) is 5.01 Å². The van der Waals surface area contributed by atoms with E-state index in [1.165, 1.54) is 16.0 Å². The highest BCUT2D eigenvalue weighted by Gasteiger charge is 2.41. The number of aromatic nitrogens is 2. The molecule has 178 valence electrons. The zero-order valence-corrected chi connectivity index (χ0v) is 21.8. The number of likely N-dealkylation sites (tertiary alicyclic amines) is 1. The van der Waals surface area contributed by atoms with Crippen molar-refractivity contribution in [1.82, 2.24) is 14.9 Å². The number of nitrogens with two attached hydrogens (primary N) is 1. The van der Waals surface area contributed by atoms with Crippen LogP contribution in [0.3, 0.4) is 0 Å². The van der Waals surface area contributed by atoms with Crippen molar-refractivity contribution in [2.75, 3.05) is 6.54 Å². The average Bonchev–Trinajstić information content (AvgIpc) is 3.47. The lowest BCUT2D eigenvalue weighted by molar-refractivity contribution is -0.136. The molecule has 3 heterocycles. The molecular formula is C24H31ClN4O2S2. The number of hydrogen-bond donors (Lipinski definition) is 2. The summed E-state index contributed by atoms with van der Waals surface area (Å²) in [5, 5.41) is 11.1. The second-order valence-corrected chi connectivity index (χ2v) is 11.5.